The van der Waals surface area contributed by atoms with Gasteiger partial charge in [-0.15, -0.1) is 0 Å². The minimum Gasteiger partial charge on any atom is -0.714 e. The molecule has 0 saturated carbocycles. The molecule has 0 aliphatic carbocycles. The normalized spacial score (nSPS) is 23.5. The number of hydrogen-bond donors (Lipinski definition) is 0. The topological polar surface area (TPSA) is 41.7 Å². The maximum Gasteiger partial charge on any atom is 0.299 e. The molecule has 0 amide bonds. The van der Waals surface area contributed by atoms with Crippen LogP contribution in [-0.2, 0) is 0 Å². The van der Waals surface area contributed by atoms with Crippen LogP contribution >= 0.6 is 0 Å². The molecular formula is C13H23N3O. The molecule has 0 N–H and O–H groups in total. The van der Waals surface area contributed by atoms with E-state index in [-0.39, 0.29) is 0 Å². The molecule has 2 heterocycles. The average molecular weight is 237 g/mol. The summed E-state index contributed by atoms with van der Waals surface area (Å²) in [4.78, 5) is 6.96. The zero-order chi connectivity index (χ0) is 12.5. The summed E-state index contributed by atoms with van der Waals surface area (Å²) in [6.45, 7) is 8.32. The van der Waals surface area contributed by atoms with E-state index in [0.29, 0.717) is 5.84 Å². The predicted molar refractivity (Wildman–Crippen MR) is 70.5 cm³/mol. The van der Waals surface area contributed by atoms with Crippen LogP contribution in [0.2, 0.25) is 0 Å². The number of hydroxylamine groups is 1. The molecular weight excluding hydrogens is 214 g/mol. The molecule has 0 aromatic heterocycles. The number of likely N-dealkylation sites (tertiary alicyclic amines) is 1. The molecule has 17 heavy (non-hydrogen) atoms. The van der Waals surface area contributed by atoms with Crippen LogP contribution in [0.25, 0.3) is 0 Å². The zero-order valence-corrected chi connectivity index (χ0v) is 11.2. The number of amidine groups is 2. The van der Waals surface area contributed by atoms with Gasteiger partial charge in [-0.1, -0.05) is 20.8 Å². The van der Waals surface area contributed by atoms with E-state index in [0.717, 1.165) is 38.2 Å². The molecule has 0 spiro atoms. The van der Waals surface area contributed by atoms with Gasteiger partial charge in [-0.2, -0.15) is 0 Å². The van der Waals surface area contributed by atoms with Crippen molar-refractivity contribution in [1.29, 1.82) is 0 Å². The van der Waals surface area contributed by atoms with Crippen molar-refractivity contribution in [3.63, 3.8) is 0 Å². The van der Waals surface area contributed by atoms with Crippen LogP contribution < -0.4 is 0 Å². The van der Waals surface area contributed by atoms with E-state index < -0.39 is 5.54 Å². The van der Waals surface area contributed by atoms with Gasteiger partial charge >= 0.3 is 0 Å². The lowest BCUT2D eigenvalue weighted by Crippen LogP contribution is -2.50. The SMILES string of the molecule is CCC1=[N+]([O-])C(CC)(CC)C(N2CCCC2)=N1. The Labute approximate surface area is 104 Å². The highest BCUT2D eigenvalue weighted by Gasteiger charge is 2.49. The minimum absolute atomic E-state index is 0.393. The van der Waals surface area contributed by atoms with Gasteiger partial charge in [0.15, 0.2) is 5.54 Å². The summed E-state index contributed by atoms with van der Waals surface area (Å²) in [6, 6.07) is 0. The summed E-state index contributed by atoms with van der Waals surface area (Å²) < 4.78 is 1.18. The van der Waals surface area contributed by atoms with E-state index in [1.165, 1.54) is 17.6 Å². The van der Waals surface area contributed by atoms with Crippen LogP contribution in [-0.4, -0.2) is 39.9 Å². The van der Waals surface area contributed by atoms with Gasteiger partial charge in [0.1, 0.15) is 0 Å². The van der Waals surface area contributed by atoms with Gasteiger partial charge in [0, 0.05) is 13.1 Å². The molecule has 2 aliphatic rings. The molecule has 0 radical (unpaired) electrons. The second-order valence-corrected chi connectivity index (χ2v) is 4.93. The second-order valence-electron chi connectivity index (χ2n) is 4.93. The van der Waals surface area contributed by atoms with Gasteiger partial charge < -0.3 is 10.1 Å². The third-order valence-electron chi connectivity index (χ3n) is 4.17. The van der Waals surface area contributed by atoms with Gasteiger partial charge in [0.05, 0.1) is 6.42 Å². The van der Waals surface area contributed by atoms with E-state index in [1.807, 2.05) is 6.92 Å². The molecule has 1 saturated heterocycles. The highest BCUT2D eigenvalue weighted by molar-refractivity contribution is 6.03. The van der Waals surface area contributed by atoms with Crippen molar-refractivity contribution >= 4 is 11.7 Å². The lowest BCUT2D eigenvalue weighted by atomic mass is 9.91. The fraction of sp³-hybridized carbons (Fsp3) is 0.846. The Morgan fingerprint density at radius 3 is 2.29 bits per heavy atom. The molecule has 0 aromatic rings. The first-order valence-electron chi connectivity index (χ1n) is 6.87. The fourth-order valence-electron chi connectivity index (χ4n) is 2.98. The molecule has 0 bridgehead atoms. The maximum atomic E-state index is 12.4. The summed E-state index contributed by atoms with van der Waals surface area (Å²) in [5.41, 5.74) is -0.393. The van der Waals surface area contributed by atoms with Crippen molar-refractivity contribution in [1.82, 2.24) is 4.90 Å². The third-order valence-corrected chi connectivity index (χ3v) is 4.17. The van der Waals surface area contributed by atoms with Gasteiger partial charge in [-0.05, 0) is 30.7 Å². The number of nitrogens with zero attached hydrogens (tertiary/aromatic N) is 3. The lowest BCUT2D eigenvalue weighted by molar-refractivity contribution is -0.526. The van der Waals surface area contributed by atoms with Crippen molar-refractivity contribution in [3.05, 3.63) is 5.21 Å². The van der Waals surface area contributed by atoms with Gasteiger partial charge in [0.2, 0.25) is 0 Å². The standard InChI is InChI=1S/C13H23N3O/c1-4-11-14-12(15-9-7-8-10-15)13(5-2,6-3)16(11)17/h4-10H2,1-3H3. The lowest BCUT2D eigenvalue weighted by Gasteiger charge is -2.33. The third kappa shape index (κ3) is 1.74. The van der Waals surface area contributed by atoms with Crippen molar-refractivity contribution in [2.24, 2.45) is 4.99 Å². The fourth-order valence-corrected chi connectivity index (χ4v) is 2.98. The summed E-state index contributed by atoms with van der Waals surface area (Å²) in [5, 5.41) is 12.4. The molecule has 96 valence electrons. The first kappa shape index (κ1) is 12.4. The van der Waals surface area contributed by atoms with Gasteiger partial charge in [-0.25, -0.2) is 0 Å². The van der Waals surface area contributed by atoms with E-state index >= 15 is 0 Å². The quantitative estimate of drug-likeness (QED) is 0.558. The Balaban J connectivity index is 2.37. The number of rotatable bonds is 3. The molecule has 0 atom stereocenters. The molecule has 0 unspecified atom stereocenters. The Bertz CT molecular complexity index is 350. The Morgan fingerprint density at radius 1 is 1.24 bits per heavy atom. The van der Waals surface area contributed by atoms with Crippen LogP contribution in [0, 0.1) is 5.21 Å². The first-order chi connectivity index (χ1) is 8.19. The second kappa shape index (κ2) is 4.67. The van der Waals surface area contributed by atoms with Crippen LogP contribution in [0.3, 0.4) is 0 Å². The zero-order valence-electron chi connectivity index (χ0n) is 11.2. The Hall–Kier alpha value is -1.06. The molecule has 1 fully saturated rings. The summed E-state index contributed by atoms with van der Waals surface area (Å²) in [7, 11) is 0. The number of hydrogen-bond acceptors (Lipinski definition) is 3. The summed E-state index contributed by atoms with van der Waals surface area (Å²) in [6.07, 6.45) is 4.85. The molecule has 0 aromatic carbocycles. The highest BCUT2D eigenvalue weighted by Crippen LogP contribution is 2.30. The summed E-state index contributed by atoms with van der Waals surface area (Å²) >= 11 is 0. The monoisotopic (exact) mass is 237 g/mol. The van der Waals surface area contributed by atoms with Crippen molar-refractivity contribution in [3.8, 4) is 0 Å². The van der Waals surface area contributed by atoms with Crippen LogP contribution in [0.4, 0.5) is 0 Å². The minimum atomic E-state index is -0.393. The summed E-state index contributed by atoms with van der Waals surface area (Å²) in [5.74, 6) is 1.74. The molecule has 4 heteroatoms. The molecule has 4 nitrogen and oxygen atoms in total. The van der Waals surface area contributed by atoms with E-state index in [9.17, 15) is 5.21 Å². The van der Waals surface area contributed by atoms with E-state index in [2.05, 4.69) is 23.7 Å². The molecule has 2 aliphatic heterocycles. The van der Waals surface area contributed by atoms with Crippen LogP contribution in [0.15, 0.2) is 4.99 Å². The Morgan fingerprint density at radius 2 is 1.82 bits per heavy atom. The number of aliphatic imine (C=N–C) groups is 1. The van der Waals surface area contributed by atoms with E-state index in [4.69, 9.17) is 0 Å². The van der Waals surface area contributed by atoms with Crippen LogP contribution in [0.1, 0.15) is 52.9 Å². The predicted octanol–water partition coefficient (Wildman–Crippen LogP) is 2.37. The van der Waals surface area contributed by atoms with Crippen molar-refractivity contribution < 1.29 is 4.74 Å². The maximum absolute atomic E-state index is 12.4. The average Bonchev–Trinajstić information content (AvgIpc) is 2.95. The largest absolute Gasteiger partial charge is 0.714 e. The van der Waals surface area contributed by atoms with Crippen molar-refractivity contribution in [2.45, 2.75) is 58.4 Å². The Kier molecular flexibility index (Phi) is 3.40. The van der Waals surface area contributed by atoms with Crippen LogP contribution in [0.5, 0.6) is 0 Å². The van der Waals surface area contributed by atoms with E-state index in [1.54, 1.807) is 0 Å². The van der Waals surface area contributed by atoms with Gasteiger partial charge in [-0.3, -0.25) is 4.74 Å². The smallest absolute Gasteiger partial charge is 0.299 e. The molecule has 2 rings (SSSR count). The van der Waals surface area contributed by atoms with Crippen molar-refractivity contribution in [2.75, 3.05) is 13.1 Å². The van der Waals surface area contributed by atoms with Gasteiger partial charge in [0.25, 0.3) is 11.7 Å². The first-order valence-corrected chi connectivity index (χ1v) is 6.87. The highest BCUT2D eigenvalue weighted by atomic mass is 16.5.